The third-order valence-corrected chi connectivity index (χ3v) is 4.44. The van der Waals surface area contributed by atoms with Gasteiger partial charge in [0.25, 0.3) is 11.5 Å². The molecule has 3 rings (SSSR count). The van der Waals surface area contributed by atoms with Crippen LogP contribution in [0.15, 0.2) is 35.1 Å². The zero-order chi connectivity index (χ0) is 19.4. The number of nitrogens with two attached hydrogens (primary N) is 1. The summed E-state index contributed by atoms with van der Waals surface area (Å²) in [5.41, 5.74) is 7.09. The Bertz CT molecular complexity index is 847. The molecule has 0 aliphatic carbocycles. The average molecular weight is 371 g/mol. The van der Waals surface area contributed by atoms with Gasteiger partial charge in [-0.3, -0.25) is 14.6 Å². The molecule has 8 heteroatoms. The molecular weight excluding hydrogens is 346 g/mol. The molecule has 0 spiro atoms. The Morgan fingerprint density at radius 3 is 2.78 bits per heavy atom. The topological polar surface area (TPSA) is 105 Å². The zero-order valence-electron chi connectivity index (χ0n) is 15.6. The summed E-state index contributed by atoms with van der Waals surface area (Å²) >= 11 is 0. The lowest BCUT2D eigenvalue weighted by Crippen LogP contribution is -2.38. The number of ether oxygens (including phenoxy) is 1. The van der Waals surface area contributed by atoms with E-state index in [2.05, 4.69) is 14.9 Å². The van der Waals surface area contributed by atoms with Crippen molar-refractivity contribution in [2.75, 3.05) is 52.7 Å². The third-order valence-electron chi connectivity index (χ3n) is 4.44. The van der Waals surface area contributed by atoms with Crippen LogP contribution in [0.5, 0.6) is 0 Å². The van der Waals surface area contributed by atoms with Gasteiger partial charge in [0.05, 0.1) is 18.9 Å². The van der Waals surface area contributed by atoms with E-state index in [4.69, 9.17) is 10.5 Å². The Morgan fingerprint density at radius 1 is 1.37 bits per heavy atom. The van der Waals surface area contributed by atoms with E-state index >= 15 is 0 Å². The second-order valence-electron chi connectivity index (χ2n) is 7.05. The molecule has 2 heterocycles. The molecule has 0 unspecified atom stereocenters. The van der Waals surface area contributed by atoms with E-state index in [1.165, 1.54) is 6.07 Å². The zero-order valence-corrected chi connectivity index (χ0v) is 15.6. The number of carbonyl (C=O) groups excluding carboxylic acids is 1. The monoisotopic (exact) mass is 371 g/mol. The van der Waals surface area contributed by atoms with E-state index in [0.29, 0.717) is 37.6 Å². The maximum atomic E-state index is 12.9. The smallest absolute Gasteiger partial charge is 0.253 e. The van der Waals surface area contributed by atoms with Gasteiger partial charge >= 0.3 is 0 Å². The van der Waals surface area contributed by atoms with Crippen molar-refractivity contribution >= 4 is 11.9 Å². The fourth-order valence-corrected chi connectivity index (χ4v) is 3.28. The van der Waals surface area contributed by atoms with Crippen LogP contribution in [0.25, 0.3) is 11.3 Å². The number of aromatic amines is 1. The van der Waals surface area contributed by atoms with Crippen LogP contribution >= 0.6 is 0 Å². The van der Waals surface area contributed by atoms with Crippen LogP contribution in [0.4, 0.5) is 5.95 Å². The van der Waals surface area contributed by atoms with Gasteiger partial charge in [-0.25, -0.2) is 4.98 Å². The molecule has 1 aliphatic heterocycles. The molecule has 0 saturated carbocycles. The minimum absolute atomic E-state index is 0.0193. The Labute approximate surface area is 158 Å². The fourth-order valence-electron chi connectivity index (χ4n) is 3.28. The van der Waals surface area contributed by atoms with Crippen molar-refractivity contribution in [3.05, 3.63) is 46.2 Å². The lowest BCUT2D eigenvalue weighted by molar-refractivity contribution is 0.0735. The lowest BCUT2D eigenvalue weighted by atomic mass is 10.1. The Kier molecular flexibility index (Phi) is 5.88. The van der Waals surface area contributed by atoms with Crippen molar-refractivity contribution in [1.82, 2.24) is 19.8 Å². The summed E-state index contributed by atoms with van der Waals surface area (Å²) in [6, 6.07) is 8.44. The molecule has 0 radical (unpaired) electrons. The lowest BCUT2D eigenvalue weighted by Gasteiger charge is -2.25. The van der Waals surface area contributed by atoms with Gasteiger partial charge in [0, 0.05) is 42.7 Å². The molecule has 1 amide bonds. The number of H-pyrrole nitrogens is 1. The summed E-state index contributed by atoms with van der Waals surface area (Å²) in [6.07, 6.45) is 0. The SMILES string of the molecule is CN(C)C[C@@H]1COCCN(C(=O)c2ccc(-c3cc(=O)[nH]c(N)n3)cc2)C1. The number of aromatic nitrogens is 2. The summed E-state index contributed by atoms with van der Waals surface area (Å²) < 4.78 is 5.65. The van der Waals surface area contributed by atoms with Crippen LogP contribution in [0.1, 0.15) is 10.4 Å². The van der Waals surface area contributed by atoms with Crippen LogP contribution in [0.2, 0.25) is 0 Å². The molecule has 1 saturated heterocycles. The Morgan fingerprint density at radius 2 is 2.11 bits per heavy atom. The molecule has 3 N–H and O–H groups in total. The maximum absolute atomic E-state index is 12.9. The summed E-state index contributed by atoms with van der Waals surface area (Å²) in [5, 5.41) is 0. The molecule has 1 aromatic heterocycles. The first-order valence-corrected chi connectivity index (χ1v) is 8.91. The minimum Gasteiger partial charge on any atom is -0.379 e. The predicted molar refractivity (Wildman–Crippen MR) is 103 cm³/mol. The molecule has 1 aliphatic rings. The first kappa shape index (κ1) is 19.1. The molecule has 1 atom stereocenters. The quantitative estimate of drug-likeness (QED) is 0.819. The number of carbonyl (C=O) groups is 1. The fraction of sp³-hybridized carbons (Fsp3) is 0.421. The van der Waals surface area contributed by atoms with E-state index in [1.807, 2.05) is 19.0 Å². The highest BCUT2D eigenvalue weighted by atomic mass is 16.5. The molecule has 8 nitrogen and oxygen atoms in total. The Hall–Kier alpha value is -2.71. The van der Waals surface area contributed by atoms with Crippen molar-refractivity contribution in [3.8, 4) is 11.3 Å². The van der Waals surface area contributed by atoms with Gasteiger partial charge in [-0.15, -0.1) is 0 Å². The Balaban J connectivity index is 1.75. The van der Waals surface area contributed by atoms with Crippen LogP contribution in [0, 0.1) is 5.92 Å². The highest BCUT2D eigenvalue weighted by molar-refractivity contribution is 5.94. The van der Waals surface area contributed by atoms with Crippen molar-refractivity contribution in [2.45, 2.75) is 0 Å². The second-order valence-corrected chi connectivity index (χ2v) is 7.05. The number of nitrogens with zero attached hydrogens (tertiary/aromatic N) is 3. The number of hydrogen-bond acceptors (Lipinski definition) is 6. The number of nitrogens with one attached hydrogen (secondary N) is 1. The van der Waals surface area contributed by atoms with Gasteiger partial charge in [-0.05, 0) is 26.2 Å². The first-order valence-electron chi connectivity index (χ1n) is 8.91. The van der Waals surface area contributed by atoms with Gasteiger partial charge in [-0.1, -0.05) is 12.1 Å². The van der Waals surface area contributed by atoms with Gasteiger partial charge in [0.15, 0.2) is 0 Å². The molecule has 27 heavy (non-hydrogen) atoms. The summed E-state index contributed by atoms with van der Waals surface area (Å²) in [4.78, 5) is 35.0. The number of hydrogen-bond donors (Lipinski definition) is 2. The highest BCUT2D eigenvalue weighted by Crippen LogP contribution is 2.18. The predicted octanol–water partition coefficient (Wildman–Crippen LogP) is 0.669. The number of nitrogen functional groups attached to an aromatic ring is 1. The van der Waals surface area contributed by atoms with Crippen LogP contribution in [-0.2, 0) is 4.74 Å². The standard InChI is InChI=1S/C19H25N5O3/c1-23(2)10-13-11-24(7-8-27-12-13)18(26)15-5-3-14(4-6-15)16-9-17(25)22-19(20)21-16/h3-6,9,13H,7-8,10-12H2,1-2H3,(H3,20,21,22,25)/t13-/m0/s1. The van der Waals surface area contributed by atoms with Gasteiger partial charge in [0.2, 0.25) is 5.95 Å². The molecule has 1 aromatic carbocycles. The van der Waals surface area contributed by atoms with Crippen molar-refractivity contribution in [3.63, 3.8) is 0 Å². The van der Waals surface area contributed by atoms with E-state index in [9.17, 15) is 9.59 Å². The minimum atomic E-state index is -0.311. The van der Waals surface area contributed by atoms with Gasteiger partial charge < -0.3 is 20.3 Å². The molecule has 1 fully saturated rings. The summed E-state index contributed by atoms with van der Waals surface area (Å²) in [6.45, 7) is 3.33. The number of benzene rings is 1. The average Bonchev–Trinajstić information content (AvgIpc) is 2.85. The highest BCUT2D eigenvalue weighted by Gasteiger charge is 2.23. The van der Waals surface area contributed by atoms with E-state index in [0.717, 1.165) is 12.1 Å². The van der Waals surface area contributed by atoms with Crippen molar-refractivity contribution in [2.24, 2.45) is 5.92 Å². The first-order chi connectivity index (χ1) is 12.9. The van der Waals surface area contributed by atoms with Crippen molar-refractivity contribution < 1.29 is 9.53 Å². The summed E-state index contributed by atoms with van der Waals surface area (Å²) in [5.74, 6) is 0.331. The normalized spacial score (nSPS) is 17.7. The van der Waals surface area contributed by atoms with Crippen molar-refractivity contribution in [1.29, 1.82) is 0 Å². The van der Waals surface area contributed by atoms with E-state index < -0.39 is 0 Å². The van der Waals surface area contributed by atoms with Gasteiger partial charge in [0.1, 0.15) is 0 Å². The number of anilines is 1. The number of amides is 1. The van der Waals surface area contributed by atoms with E-state index in [-0.39, 0.29) is 23.3 Å². The molecular formula is C19H25N5O3. The third kappa shape index (κ3) is 4.93. The maximum Gasteiger partial charge on any atom is 0.253 e. The number of rotatable bonds is 4. The van der Waals surface area contributed by atoms with Crippen LogP contribution in [0.3, 0.4) is 0 Å². The largest absolute Gasteiger partial charge is 0.379 e. The molecule has 144 valence electrons. The summed E-state index contributed by atoms with van der Waals surface area (Å²) in [7, 11) is 4.04. The second kappa shape index (κ2) is 8.32. The van der Waals surface area contributed by atoms with Crippen LogP contribution in [-0.4, -0.2) is 72.6 Å². The van der Waals surface area contributed by atoms with E-state index in [1.54, 1.807) is 24.3 Å². The molecule has 2 aromatic rings. The molecule has 0 bridgehead atoms. The van der Waals surface area contributed by atoms with Gasteiger partial charge in [-0.2, -0.15) is 0 Å². The van der Waals surface area contributed by atoms with Crippen LogP contribution < -0.4 is 11.3 Å².